The predicted molar refractivity (Wildman–Crippen MR) is 73.5 cm³/mol. The van der Waals surface area contributed by atoms with Crippen molar-refractivity contribution < 1.29 is 0 Å². The first-order chi connectivity index (χ1) is 7.83. The number of nitrogens with zero attached hydrogens (tertiary/aromatic N) is 1. The van der Waals surface area contributed by atoms with Crippen molar-refractivity contribution in [2.75, 3.05) is 0 Å². The van der Waals surface area contributed by atoms with Crippen molar-refractivity contribution in [1.82, 2.24) is 4.98 Å². The topological polar surface area (TPSA) is 12.9 Å². The molecule has 0 aliphatic heterocycles. The van der Waals surface area contributed by atoms with E-state index in [1.165, 1.54) is 14.6 Å². The van der Waals surface area contributed by atoms with Crippen LogP contribution in [0.25, 0.3) is 20.5 Å². The highest BCUT2D eigenvalue weighted by molar-refractivity contribution is 7.20. The summed E-state index contributed by atoms with van der Waals surface area (Å²) in [5.74, 6) is 0. The number of rotatable bonds is 2. The first kappa shape index (κ1) is 10.2. The van der Waals surface area contributed by atoms with Gasteiger partial charge in [0.05, 0.1) is 15.4 Å². The van der Waals surface area contributed by atoms with Crippen LogP contribution in [0.1, 0.15) is 4.88 Å². The summed E-state index contributed by atoms with van der Waals surface area (Å²) in [5.41, 5.74) is 1.10. The second-order valence-corrected chi connectivity index (χ2v) is 6.52. The van der Waals surface area contributed by atoms with E-state index in [0.29, 0.717) is 0 Å². The van der Waals surface area contributed by atoms with Crippen molar-refractivity contribution in [3.63, 3.8) is 0 Å². The number of thiazole rings is 1. The van der Waals surface area contributed by atoms with E-state index in [1.54, 1.807) is 34.0 Å². The zero-order valence-corrected chi connectivity index (χ0v) is 11.1. The lowest BCUT2D eigenvalue weighted by molar-refractivity contribution is 1.44. The second-order valence-electron chi connectivity index (χ2n) is 3.43. The van der Waals surface area contributed by atoms with Crippen LogP contribution in [0.15, 0.2) is 35.0 Å². The Bertz CT molecular complexity index is 589. The third-order valence-electron chi connectivity index (χ3n) is 2.23. The molecule has 0 amide bonds. The fraction of sp³-hybridized carbons (Fsp3) is 0.0833. The molecule has 0 saturated heterocycles. The smallest absolute Gasteiger partial charge is 0.134 e. The summed E-state index contributed by atoms with van der Waals surface area (Å²) in [4.78, 5) is 8.52. The molecule has 0 fully saturated rings. The molecule has 0 aliphatic carbocycles. The molecule has 4 heteroatoms. The van der Waals surface area contributed by atoms with Crippen LogP contribution in [0.5, 0.6) is 0 Å². The van der Waals surface area contributed by atoms with Gasteiger partial charge in [0.1, 0.15) is 5.01 Å². The molecular formula is C12H9NS3. The van der Waals surface area contributed by atoms with Gasteiger partial charge in [0.15, 0.2) is 0 Å². The third kappa shape index (κ3) is 1.84. The summed E-state index contributed by atoms with van der Waals surface area (Å²) in [6.45, 7) is 2.13. The van der Waals surface area contributed by atoms with Gasteiger partial charge in [-0.15, -0.1) is 34.0 Å². The third-order valence-corrected chi connectivity index (χ3v) is 5.13. The van der Waals surface area contributed by atoms with E-state index in [4.69, 9.17) is 0 Å². The lowest BCUT2D eigenvalue weighted by atomic mass is 10.4. The van der Waals surface area contributed by atoms with Gasteiger partial charge in [0.2, 0.25) is 0 Å². The van der Waals surface area contributed by atoms with Gasteiger partial charge in [-0.05, 0) is 30.5 Å². The number of aryl methyl sites for hydroxylation is 1. The van der Waals surface area contributed by atoms with E-state index in [1.807, 2.05) is 0 Å². The van der Waals surface area contributed by atoms with E-state index in [2.05, 4.69) is 46.9 Å². The largest absolute Gasteiger partial charge is 0.234 e. The fourth-order valence-corrected chi connectivity index (χ4v) is 4.01. The normalized spacial score (nSPS) is 10.8. The molecule has 0 bridgehead atoms. The number of hydrogen-bond acceptors (Lipinski definition) is 4. The highest BCUT2D eigenvalue weighted by Gasteiger charge is 2.08. The quantitative estimate of drug-likeness (QED) is 0.640. The standard InChI is InChI=1S/C12H9NS3/c1-8-4-5-10(16-8)9-7-15-12(13-9)11-3-2-6-14-11/h2-7H,1H3. The first-order valence-electron chi connectivity index (χ1n) is 4.89. The molecule has 0 aliphatic rings. The van der Waals surface area contributed by atoms with Gasteiger partial charge in [-0.25, -0.2) is 4.98 Å². The maximum absolute atomic E-state index is 4.68. The Labute approximate surface area is 106 Å². The van der Waals surface area contributed by atoms with Crippen molar-refractivity contribution in [2.45, 2.75) is 6.92 Å². The highest BCUT2D eigenvalue weighted by atomic mass is 32.1. The van der Waals surface area contributed by atoms with Gasteiger partial charge in [0, 0.05) is 10.3 Å². The van der Waals surface area contributed by atoms with Gasteiger partial charge in [-0.3, -0.25) is 0 Å². The van der Waals surface area contributed by atoms with Gasteiger partial charge in [0.25, 0.3) is 0 Å². The molecule has 0 radical (unpaired) electrons. The molecular weight excluding hydrogens is 254 g/mol. The lowest BCUT2D eigenvalue weighted by Crippen LogP contribution is -1.72. The van der Waals surface area contributed by atoms with Crippen LogP contribution in [-0.4, -0.2) is 4.98 Å². The van der Waals surface area contributed by atoms with Gasteiger partial charge >= 0.3 is 0 Å². The molecule has 0 unspecified atom stereocenters. The van der Waals surface area contributed by atoms with E-state index < -0.39 is 0 Å². The minimum atomic E-state index is 1.10. The van der Waals surface area contributed by atoms with E-state index >= 15 is 0 Å². The van der Waals surface area contributed by atoms with Crippen LogP contribution >= 0.6 is 34.0 Å². The molecule has 3 rings (SSSR count). The molecule has 0 atom stereocenters. The van der Waals surface area contributed by atoms with Crippen LogP contribution in [0.2, 0.25) is 0 Å². The van der Waals surface area contributed by atoms with Gasteiger partial charge in [-0.2, -0.15) is 0 Å². The SMILES string of the molecule is Cc1ccc(-c2csc(-c3cccs3)n2)s1. The molecule has 0 saturated carbocycles. The number of hydrogen-bond donors (Lipinski definition) is 0. The average Bonchev–Trinajstić information content (AvgIpc) is 2.97. The Hall–Kier alpha value is -0.970. The Morgan fingerprint density at radius 2 is 2.00 bits per heavy atom. The maximum atomic E-state index is 4.68. The van der Waals surface area contributed by atoms with Crippen molar-refractivity contribution in [1.29, 1.82) is 0 Å². The molecule has 3 heterocycles. The second kappa shape index (κ2) is 4.13. The molecule has 3 aromatic rings. The lowest BCUT2D eigenvalue weighted by Gasteiger charge is -1.89. The summed E-state index contributed by atoms with van der Waals surface area (Å²) >= 11 is 5.26. The van der Waals surface area contributed by atoms with Crippen molar-refractivity contribution in [2.24, 2.45) is 0 Å². The molecule has 80 valence electrons. The minimum Gasteiger partial charge on any atom is -0.234 e. The van der Waals surface area contributed by atoms with Gasteiger partial charge < -0.3 is 0 Å². The van der Waals surface area contributed by atoms with Gasteiger partial charge in [-0.1, -0.05) is 6.07 Å². The van der Waals surface area contributed by atoms with Crippen LogP contribution in [-0.2, 0) is 0 Å². The zero-order valence-electron chi connectivity index (χ0n) is 8.64. The van der Waals surface area contributed by atoms with Crippen molar-refractivity contribution in [3.8, 4) is 20.5 Å². The molecule has 0 N–H and O–H groups in total. The minimum absolute atomic E-state index is 1.10. The Morgan fingerprint density at radius 3 is 2.69 bits per heavy atom. The molecule has 3 aromatic heterocycles. The van der Waals surface area contributed by atoms with Crippen molar-refractivity contribution >= 4 is 34.0 Å². The Balaban J connectivity index is 2.00. The summed E-state index contributed by atoms with van der Waals surface area (Å²) in [6, 6.07) is 8.47. The highest BCUT2D eigenvalue weighted by Crippen LogP contribution is 2.33. The van der Waals surface area contributed by atoms with E-state index in [9.17, 15) is 0 Å². The monoisotopic (exact) mass is 263 g/mol. The molecule has 1 nitrogen and oxygen atoms in total. The number of thiophene rings is 2. The fourth-order valence-electron chi connectivity index (χ4n) is 1.47. The van der Waals surface area contributed by atoms with Crippen molar-refractivity contribution in [3.05, 3.63) is 39.9 Å². The zero-order chi connectivity index (χ0) is 11.0. The summed E-state index contributed by atoms with van der Waals surface area (Å²) in [5, 5.41) is 5.35. The van der Waals surface area contributed by atoms with Crippen LogP contribution in [0.3, 0.4) is 0 Å². The molecule has 0 spiro atoms. The predicted octanol–water partition coefficient (Wildman–Crippen LogP) is 4.91. The van der Waals surface area contributed by atoms with Crippen LogP contribution in [0, 0.1) is 6.92 Å². The first-order valence-corrected chi connectivity index (χ1v) is 7.47. The Kier molecular flexibility index (Phi) is 2.63. The summed E-state index contributed by atoms with van der Waals surface area (Å²) < 4.78 is 0. The maximum Gasteiger partial charge on any atom is 0.134 e. The summed E-state index contributed by atoms with van der Waals surface area (Å²) in [7, 11) is 0. The van der Waals surface area contributed by atoms with E-state index in [0.717, 1.165) is 10.7 Å². The molecule has 0 aromatic carbocycles. The van der Waals surface area contributed by atoms with Crippen LogP contribution < -0.4 is 0 Å². The van der Waals surface area contributed by atoms with Crippen LogP contribution in [0.4, 0.5) is 0 Å². The Morgan fingerprint density at radius 1 is 1.06 bits per heavy atom. The number of aromatic nitrogens is 1. The summed E-state index contributed by atoms with van der Waals surface area (Å²) in [6.07, 6.45) is 0. The average molecular weight is 263 g/mol. The molecule has 16 heavy (non-hydrogen) atoms. The van der Waals surface area contributed by atoms with E-state index in [-0.39, 0.29) is 0 Å².